The van der Waals surface area contributed by atoms with Crippen molar-refractivity contribution in [2.75, 3.05) is 13.7 Å². The highest BCUT2D eigenvalue weighted by Crippen LogP contribution is 2.13. The molecule has 126 valence electrons. The monoisotopic (exact) mass is 323 g/mol. The summed E-state index contributed by atoms with van der Waals surface area (Å²) in [6.45, 7) is 5.74. The molecule has 0 bridgehead atoms. The van der Waals surface area contributed by atoms with Crippen LogP contribution in [-0.2, 0) is 9.47 Å². The molecule has 5 nitrogen and oxygen atoms in total. The standard InChI is InChI=1S/C17H22FNO4/c1-17(2,3)23-16(21)19-10-6-5-7-12-8-9-13(11-14(12)18)15(20)22-4/h5,7-9,11H,6,10H2,1-4H3,(H,19,21). The summed E-state index contributed by atoms with van der Waals surface area (Å²) in [5, 5.41) is 2.60. The predicted molar refractivity (Wildman–Crippen MR) is 85.6 cm³/mol. The maximum Gasteiger partial charge on any atom is 0.407 e. The molecule has 0 saturated heterocycles. The molecule has 0 unspecified atom stereocenters. The van der Waals surface area contributed by atoms with Gasteiger partial charge in [-0.15, -0.1) is 0 Å². The number of hydrogen-bond acceptors (Lipinski definition) is 4. The second-order valence-corrected chi connectivity index (χ2v) is 5.85. The van der Waals surface area contributed by atoms with Crippen LogP contribution in [0.3, 0.4) is 0 Å². The molecule has 0 radical (unpaired) electrons. The Morgan fingerprint density at radius 1 is 1.30 bits per heavy atom. The Labute approximate surface area is 135 Å². The van der Waals surface area contributed by atoms with Gasteiger partial charge in [-0.05, 0) is 39.3 Å². The number of carbonyl (C=O) groups excluding carboxylic acids is 2. The number of methoxy groups -OCH3 is 1. The summed E-state index contributed by atoms with van der Waals surface area (Å²) in [6.07, 6.45) is 3.36. The summed E-state index contributed by atoms with van der Waals surface area (Å²) in [4.78, 5) is 22.7. The lowest BCUT2D eigenvalue weighted by Crippen LogP contribution is -2.32. The molecule has 1 aromatic carbocycles. The Kier molecular flexibility index (Phi) is 6.75. The van der Waals surface area contributed by atoms with E-state index in [0.717, 1.165) is 6.07 Å². The van der Waals surface area contributed by atoms with Crippen molar-refractivity contribution >= 4 is 18.1 Å². The fourth-order valence-corrected chi connectivity index (χ4v) is 1.69. The highest BCUT2D eigenvalue weighted by molar-refractivity contribution is 5.89. The van der Waals surface area contributed by atoms with Gasteiger partial charge in [0, 0.05) is 12.1 Å². The van der Waals surface area contributed by atoms with Crippen LogP contribution >= 0.6 is 0 Å². The number of amides is 1. The first kappa shape index (κ1) is 18.7. The molecule has 0 saturated carbocycles. The molecule has 1 amide bonds. The van der Waals surface area contributed by atoms with Gasteiger partial charge in [-0.1, -0.05) is 18.2 Å². The van der Waals surface area contributed by atoms with Crippen LogP contribution in [0.4, 0.5) is 9.18 Å². The Hall–Kier alpha value is -2.37. The minimum Gasteiger partial charge on any atom is -0.465 e. The second-order valence-electron chi connectivity index (χ2n) is 5.85. The summed E-state index contributed by atoms with van der Waals surface area (Å²) < 4.78 is 23.4. The van der Waals surface area contributed by atoms with Crippen molar-refractivity contribution in [1.82, 2.24) is 5.32 Å². The number of carbonyl (C=O) groups is 2. The number of rotatable bonds is 5. The van der Waals surface area contributed by atoms with Crippen LogP contribution in [-0.4, -0.2) is 31.3 Å². The second kappa shape index (κ2) is 8.31. The number of hydrogen-bond donors (Lipinski definition) is 1. The van der Waals surface area contributed by atoms with Crippen LogP contribution in [0, 0.1) is 5.82 Å². The number of esters is 1. The molecule has 0 spiro atoms. The number of halogens is 1. The zero-order chi connectivity index (χ0) is 17.5. The first-order valence-corrected chi connectivity index (χ1v) is 7.24. The van der Waals surface area contributed by atoms with Gasteiger partial charge in [0.15, 0.2) is 0 Å². The predicted octanol–water partition coefficient (Wildman–Crippen LogP) is 3.54. The van der Waals surface area contributed by atoms with Crippen LogP contribution < -0.4 is 5.32 Å². The zero-order valence-corrected chi connectivity index (χ0v) is 13.8. The van der Waals surface area contributed by atoms with E-state index >= 15 is 0 Å². The topological polar surface area (TPSA) is 64.6 Å². The Bertz CT molecular complexity index is 591. The van der Waals surface area contributed by atoms with Crippen LogP contribution in [0.2, 0.25) is 0 Å². The number of benzene rings is 1. The quantitative estimate of drug-likeness (QED) is 0.665. The molecule has 23 heavy (non-hydrogen) atoms. The van der Waals surface area contributed by atoms with E-state index in [-0.39, 0.29) is 5.56 Å². The summed E-state index contributed by atoms with van der Waals surface area (Å²) in [7, 11) is 1.24. The van der Waals surface area contributed by atoms with Crippen LogP contribution in [0.25, 0.3) is 6.08 Å². The van der Waals surface area contributed by atoms with E-state index in [1.807, 2.05) is 0 Å². The molecule has 0 aliphatic heterocycles. The van der Waals surface area contributed by atoms with Crippen molar-refractivity contribution < 1.29 is 23.5 Å². The Morgan fingerprint density at radius 3 is 2.57 bits per heavy atom. The maximum absolute atomic E-state index is 13.8. The molecule has 0 heterocycles. The SMILES string of the molecule is COC(=O)c1ccc(C=CCCNC(=O)OC(C)(C)C)c(F)c1. The van der Waals surface area contributed by atoms with Crippen molar-refractivity contribution in [3.05, 3.63) is 41.2 Å². The van der Waals surface area contributed by atoms with Crippen molar-refractivity contribution in [2.24, 2.45) is 0 Å². The van der Waals surface area contributed by atoms with E-state index in [0.29, 0.717) is 18.5 Å². The number of nitrogens with one attached hydrogen (secondary N) is 1. The third-order valence-electron chi connectivity index (χ3n) is 2.70. The molecule has 0 fully saturated rings. The van der Waals surface area contributed by atoms with Gasteiger partial charge in [0.1, 0.15) is 11.4 Å². The first-order chi connectivity index (χ1) is 10.7. The minimum absolute atomic E-state index is 0.161. The van der Waals surface area contributed by atoms with Gasteiger partial charge in [0.25, 0.3) is 0 Å². The van der Waals surface area contributed by atoms with Crippen molar-refractivity contribution in [1.29, 1.82) is 0 Å². The molecule has 0 atom stereocenters. The summed E-state index contributed by atoms with van der Waals surface area (Å²) >= 11 is 0. The van der Waals surface area contributed by atoms with E-state index in [1.54, 1.807) is 32.9 Å². The molecule has 0 aliphatic carbocycles. The lowest BCUT2D eigenvalue weighted by atomic mass is 10.1. The van der Waals surface area contributed by atoms with Gasteiger partial charge < -0.3 is 14.8 Å². The Morgan fingerprint density at radius 2 is 2.00 bits per heavy atom. The third kappa shape index (κ3) is 6.95. The fourth-order valence-electron chi connectivity index (χ4n) is 1.69. The summed E-state index contributed by atoms with van der Waals surface area (Å²) in [5.74, 6) is -1.09. The van der Waals surface area contributed by atoms with Crippen molar-refractivity contribution in [3.63, 3.8) is 0 Å². The lowest BCUT2D eigenvalue weighted by molar-refractivity contribution is 0.0527. The van der Waals surface area contributed by atoms with Gasteiger partial charge in [0.2, 0.25) is 0 Å². The smallest absolute Gasteiger partial charge is 0.407 e. The van der Waals surface area contributed by atoms with Crippen molar-refractivity contribution in [2.45, 2.75) is 32.8 Å². The van der Waals surface area contributed by atoms with Gasteiger partial charge in [-0.2, -0.15) is 0 Å². The van der Waals surface area contributed by atoms with Gasteiger partial charge in [0.05, 0.1) is 12.7 Å². The number of ether oxygens (including phenoxy) is 2. The average Bonchev–Trinajstić information content (AvgIpc) is 2.45. The van der Waals surface area contributed by atoms with Crippen LogP contribution in [0.15, 0.2) is 24.3 Å². The minimum atomic E-state index is -0.582. The molecule has 0 aliphatic rings. The zero-order valence-electron chi connectivity index (χ0n) is 13.8. The summed E-state index contributed by atoms with van der Waals surface area (Å²) in [6, 6.07) is 4.12. The number of alkyl carbamates (subject to hydrolysis) is 1. The highest BCUT2D eigenvalue weighted by atomic mass is 19.1. The van der Waals surface area contributed by atoms with E-state index < -0.39 is 23.5 Å². The molecular weight excluding hydrogens is 301 g/mol. The van der Waals surface area contributed by atoms with Crippen molar-refractivity contribution in [3.8, 4) is 0 Å². The molecule has 0 aromatic heterocycles. The third-order valence-corrected chi connectivity index (χ3v) is 2.70. The largest absolute Gasteiger partial charge is 0.465 e. The van der Waals surface area contributed by atoms with Crippen LogP contribution in [0.5, 0.6) is 0 Å². The average molecular weight is 323 g/mol. The molecular formula is C17H22FNO4. The van der Waals surface area contributed by atoms with Crippen LogP contribution in [0.1, 0.15) is 43.1 Å². The van der Waals surface area contributed by atoms with E-state index in [2.05, 4.69) is 10.1 Å². The molecule has 1 aromatic rings. The normalized spacial score (nSPS) is 11.3. The van der Waals surface area contributed by atoms with E-state index in [9.17, 15) is 14.0 Å². The van der Waals surface area contributed by atoms with Gasteiger partial charge in [-0.25, -0.2) is 14.0 Å². The van der Waals surface area contributed by atoms with E-state index in [4.69, 9.17) is 4.74 Å². The molecule has 1 N–H and O–H groups in total. The lowest BCUT2D eigenvalue weighted by Gasteiger charge is -2.19. The molecule has 6 heteroatoms. The molecule has 1 rings (SSSR count). The van der Waals surface area contributed by atoms with Gasteiger partial charge >= 0.3 is 12.1 Å². The Balaban J connectivity index is 2.47. The highest BCUT2D eigenvalue weighted by Gasteiger charge is 2.15. The summed E-state index contributed by atoms with van der Waals surface area (Å²) in [5.41, 5.74) is -0.0200. The van der Waals surface area contributed by atoms with E-state index in [1.165, 1.54) is 19.2 Å². The maximum atomic E-state index is 13.8. The van der Waals surface area contributed by atoms with Gasteiger partial charge in [-0.3, -0.25) is 0 Å². The fraction of sp³-hybridized carbons (Fsp3) is 0.412. The first-order valence-electron chi connectivity index (χ1n) is 7.24.